The molecule has 0 saturated carbocycles. The van der Waals surface area contributed by atoms with Crippen LogP contribution in [0.2, 0.25) is 0 Å². The Bertz CT molecular complexity index is 702. The van der Waals surface area contributed by atoms with E-state index in [9.17, 15) is 13.2 Å². The van der Waals surface area contributed by atoms with Gasteiger partial charge in [-0.2, -0.15) is 8.42 Å². The van der Waals surface area contributed by atoms with Gasteiger partial charge in [0.2, 0.25) is 0 Å². The number of hydrogen-bond acceptors (Lipinski definition) is 6. The van der Waals surface area contributed by atoms with Crippen LogP contribution in [0.1, 0.15) is 12.0 Å². The molecule has 0 radical (unpaired) electrons. The maximum atomic E-state index is 12.1. The lowest BCUT2D eigenvalue weighted by Gasteiger charge is -2.20. The third-order valence-electron chi connectivity index (χ3n) is 3.37. The standard InChI is InChI=1S/C16H20N2O5S/c1-3-9-22-16(19)18-12-15(23-24(2,20)21)10-14(18)7-6-13-5-4-8-17-11-13/h3-8,11,14-15H,1,9-10,12H2,2H3/b7-6-/t14-,15-/m1/s1. The van der Waals surface area contributed by atoms with Crippen molar-refractivity contribution in [2.45, 2.75) is 18.6 Å². The van der Waals surface area contributed by atoms with Crippen molar-refractivity contribution in [2.24, 2.45) is 0 Å². The highest BCUT2D eigenvalue weighted by atomic mass is 32.2. The molecule has 2 atom stereocenters. The van der Waals surface area contributed by atoms with Gasteiger partial charge in [-0.25, -0.2) is 4.79 Å². The van der Waals surface area contributed by atoms with E-state index in [4.69, 9.17) is 8.92 Å². The molecule has 130 valence electrons. The Morgan fingerprint density at radius 1 is 1.54 bits per heavy atom. The Morgan fingerprint density at radius 3 is 2.96 bits per heavy atom. The van der Waals surface area contributed by atoms with Crippen LogP contribution in [0, 0.1) is 0 Å². The molecule has 2 rings (SSSR count). The van der Waals surface area contributed by atoms with E-state index in [-0.39, 0.29) is 19.2 Å². The van der Waals surface area contributed by atoms with Gasteiger partial charge in [0.15, 0.2) is 0 Å². The smallest absolute Gasteiger partial charge is 0.410 e. The quantitative estimate of drug-likeness (QED) is 0.574. The number of ether oxygens (including phenoxy) is 1. The summed E-state index contributed by atoms with van der Waals surface area (Å²) in [6.07, 6.45) is 8.71. The maximum Gasteiger partial charge on any atom is 0.410 e. The molecule has 0 bridgehead atoms. The van der Waals surface area contributed by atoms with Gasteiger partial charge >= 0.3 is 6.09 Å². The molecule has 1 aromatic rings. The molecule has 0 spiro atoms. The largest absolute Gasteiger partial charge is 0.445 e. The fraction of sp³-hybridized carbons (Fsp3) is 0.375. The molecule has 0 unspecified atom stereocenters. The van der Waals surface area contributed by atoms with Crippen LogP contribution in [-0.4, -0.2) is 55.9 Å². The number of rotatable bonds is 6. The highest BCUT2D eigenvalue weighted by Crippen LogP contribution is 2.24. The van der Waals surface area contributed by atoms with Crippen molar-refractivity contribution in [1.29, 1.82) is 0 Å². The van der Waals surface area contributed by atoms with Crippen molar-refractivity contribution in [1.82, 2.24) is 9.88 Å². The second-order valence-electron chi connectivity index (χ2n) is 5.39. The predicted octanol–water partition coefficient (Wildman–Crippen LogP) is 1.84. The molecule has 0 aliphatic carbocycles. The van der Waals surface area contributed by atoms with Gasteiger partial charge in [-0.15, -0.1) is 0 Å². The van der Waals surface area contributed by atoms with Gasteiger partial charge in [0.05, 0.1) is 24.9 Å². The third kappa shape index (κ3) is 5.47. The van der Waals surface area contributed by atoms with Gasteiger partial charge < -0.3 is 4.74 Å². The molecule has 1 saturated heterocycles. The number of carbonyl (C=O) groups excluding carboxylic acids is 1. The molecule has 8 heteroatoms. The monoisotopic (exact) mass is 352 g/mol. The number of nitrogens with zero attached hydrogens (tertiary/aromatic N) is 2. The Hall–Kier alpha value is -2.19. The summed E-state index contributed by atoms with van der Waals surface area (Å²) in [5, 5.41) is 0. The van der Waals surface area contributed by atoms with Crippen LogP contribution < -0.4 is 0 Å². The van der Waals surface area contributed by atoms with E-state index in [0.717, 1.165) is 11.8 Å². The lowest BCUT2D eigenvalue weighted by Crippen LogP contribution is -2.35. The van der Waals surface area contributed by atoms with Crippen molar-refractivity contribution < 1.29 is 22.1 Å². The zero-order valence-corrected chi connectivity index (χ0v) is 14.2. The first-order valence-electron chi connectivity index (χ1n) is 7.40. The van der Waals surface area contributed by atoms with E-state index >= 15 is 0 Å². The average Bonchev–Trinajstić information content (AvgIpc) is 2.92. The Balaban J connectivity index is 2.12. The van der Waals surface area contributed by atoms with E-state index in [2.05, 4.69) is 11.6 Å². The van der Waals surface area contributed by atoms with Crippen molar-refractivity contribution in [3.05, 3.63) is 48.8 Å². The second kappa shape index (κ2) is 8.07. The summed E-state index contributed by atoms with van der Waals surface area (Å²) < 4.78 is 32.7. The number of carbonyl (C=O) groups is 1. The highest BCUT2D eigenvalue weighted by Gasteiger charge is 2.37. The zero-order valence-electron chi connectivity index (χ0n) is 13.4. The molecule has 0 N–H and O–H groups in total. The van der Waals surface area contributed by atoms with Gasteiger partial charge in [-0.05, 0) is 11.6 Å². The first-order valence-corrected chi connectivity index (χ1v) is 9.21. The van der Waals surface area contributed by atoms with Crippen LogP contribution in [0.25, 0.3) is 6.08 Å². The normalized spacial score (nSPS) is 21.1. The molecular formula is C16H20N2O5S. The molecule has 1 fully saturated rings. The van der Waals surface area contributed by atoms with Crippen LogP contribution >= 0.6 is 0 Å². The van der Waals surface area contributed by atoms with E-state index < -0.39 is 22.3 Å². The van der Waals surface area contributed by atoms with Crippen molar-refractivity contribution in [3.63, 3.8) is 0 Å². The van der Waals surface area contributed by atoms with Gasteiger partial charge in [0, 0.05) is 18.8 Å². The minimum absolute atomic E-state index is 0.0893. The fourth-order valence-electron chi connectivity index (χ4n) is 2.45. The molecule has 2 heterocycles. The average molecular weight is 352 g/mol. The Morgan fingerprint density at radius 2 is 2.33 bits per heavy atom. The van der Waals surface area contributed by atoms with Crippen LogP contribution in [0.4, 0.5) is 4.79 Å². The van der Waals surface area contributed by atoms with E-state index in [0.29, 0.717) is 6.42 Å². The lowest BCUT2D eigenvalue weighted by molar-refractivity contribution is 0.109. The van der Waals surface area contributed by atoms with Crippen LogP contribution in [0.15, 0.2) is 43.3 Å². The molecule has 1 aromatic heterocycles. The molecule has 1 aliphatic rings. The minimum atomic E-state index is -3.59. The molecule has 24 heavy (non-hydrogen) atoms. The summed E-state index contributed by atoms with van der Waals surface area (Å²) in [7, 11) is -3.59. The van der Waals surface area contributed by atoms with Gasteiger partial charge in [0.1, 0.15) is 6.61 Å². The molecular weight excluding hydrogens is 332 g/mol. The van der Waals surface area contributed by atoms with Gasteiger partial charge in [0.25, 0.3) is 10.1 Å². The van der Waals surface area contributed by atoms with E-state index in [1.807, 2.05) is 18.2 Å². The van der Waals surface area contributed by atoms with E-state index in [1.54, 1.807) is 18.5 Å². The molecule has 7 nitrogen and oxygen atoms in total. The molecule has 0 aromatic carbocycles. The van der Waals surface area contributed by atoms with Crippen molar-refractivity contribution in [2.75, 3.05) is 19.4 Å². The summed E-state index contributed by atoms with van der Waals surface area (Å²) >= 11 is 0. The molecule has 1 aliphatic heterocycles. The van der Waals surface area contributed by atoms with Crippen LogP contribution in [0.3, 0.4) is 0 Å². The van der Waals surface area contributed by atoms with Gasteiger partial charge in [-0.1, -0.05) is 30.9 Å². The maximum absolute atomic E-state index is 12.1. The second-order valence-corrected chi connectivity index (χ2v) is 6.99. The number of hydrogen-bond donors (Lipinski definition) is 0. The number of pyridine rings is 1. The summed E-state index contributed by atoms with van der Waals surface area (Å²) in [6, 6.07) is 3.36. The summed E-state index contributed by atoms with van der Waals surface area (Å²) in [6.45, 7) is 3.73. The lowest BCUT2D eigenvalue weighted by atomic mass is 10.1. The van der Waals surface area contributed by atoms with Gasteiger partial charge in [-0.3, -0.25) is 14.1 Å². The fourth-order valence-corrected chi connectivity index (χ4v) is 3.08. The Labute approximate surface area is 141 Å². The summed E-state index contributed by atoms with van der Waals surface area (Å²) in [5.41, 5.74) is 0.879. The zero-order chi connectivity index (χ0) is 17.6. The Kier molecular flexibility index (Phi) is 6.10. The number of amides is 1. The number of aromatic nitrogens is 1. The van der Waals surface area contributed by atoms with E-state index in [1.165, 1.54) is 11.0 Å². The van der Waals surface area contributed by atoms with Crippen molar-refractivity contribution >= 4 is 22.3 Å². The highest BCUT2D eigenvalue weighted by molar-refractivity contribution is 7.86. The number of likely N-dealkylation sites (tertiary alicyclic amines) is 1. The minimum Gasteiger partial charge on any atom is -0.445 e. The summed E-state index contributed by atoms with van der Waals surface area (Å²) in [4.78, 5) is 17.6. The SMILES string of the molecule is C=CCOC(=O)N1C[C@H](OS(C)(=O)=O)C[C@H]1/C=C\c1cccnc1. The van der Waals surface area contributed by atoms with Crippen LogP contribution in [-0.2, 0) is 19.0 Å². The topological polar surface area (TPSA) is 85.8 Å². The third-order valence-corrected chi connectivity index (χ3v) is 3.99. The van der Waals surface area contributed by atoms with Crippen LogP contribution in [0.5, 0.6) is 0 Å². The molecule has 1 amide bonds. The van der Waals surface area contributed by atoms with Crippen molar-refractivity contribution in [3.8, 4) is 0 Å². The summed E-state index contributed by atoms with van der Waals surface area (Å²) in [5.74, 6) is 0. The predicted molar refractivity (Wildman–Crippen MR) is 89.6 cm³/mol. The first kappa shape index (κ1) is 18.2. The first-order chi connectivity index (χ1) is 11.4.